The number of carbonyl (C=O) groups excluding carboxylic acids is 2. The van der Waals surface area contributed by atoms with Crippen LogP contribution in [0.5, 0.6) is 0 Å². The first-order chi connectivity index (χ1) is 13.1. The molecule has 3 heterocycles. The van der Waals surface area contributed by atoms with Crippen LogP contribution in [0.3, 0.4) is 0 Å². The molecular formula is C20H24N4O3. The van der Waals surface area contributed by atoms with E-state index in [1.54, 1.807) is 11.0 Å². The van der Waals surface area contributed by atoms with Gasteiger partial charge in [0.15, 0.2) is 0 Å². The van der Waals surface area contributed by atoms with E-state index in [4.69, 9.17) is 4.52 Å². The molecule has 1 atom stereocenters. The summed E-state index contributed by atoms with van der Waals surface area (Å²) in [6.07, 6.45) is 2.00. The molecule has 2 fully saturated rings. The van der Waals surface area contributed by atoms with E-state index in [9.17, 15) is 9.59 Å². The van der Waals surface area contributed by atoms with Gasteiger partial charge in [-0.3, -0.25) is 14.5 Å². The average Bonchev–Trinajstić information content (AvgIpc) is 3.37. The van der Waals surface area contributed by atoms with Gasteiger partial charge >= 0.3 is 0 Å². The number of nitrogens with zero attached hydrogens (tertiary/aromatic N) is 4. The summed E-state index contributed by atoms with van der Waals surface area (Å²) >= 11 is 0. The summed E-state index contributed by atoms with van der Waals surface area (Å²) < 4.78 is 5.28. The van der Waals surface area contributed by atoms with Crippen molar-refractivity contribution in [2.45, 2.75) is 18.9 Å². The first-order valence-corrected chi connectivity index (χ1v) is 9.44. The fourth-order valence-corrected chi connectivity index (χ4v) is 3.84. The Bertz CT molecular complexity index is 812. The van der Waals surface area contributed by atoms with Gasteiger partial charge in [-0.25, -0.2) is 0 Å². The van der Waals surface area contributed by atoms with E-state index in [2.05, 4.69) is 10.1 Å². The molecule has 0 saturated carbocycles. The average molecular weight is 368 g/mol. The number of benzene rings is 1. The fraction of sp³-hybridized carbons (Fsp3) is 0.450. The van der Waals surface area contributed by atoms with Crippen molar-refractivity contribution in [1.29, 1.82) is 0 Å². The summed E-state index contributed by atoms with van der Waals surface area (Å²) in [5.41, 5.74) is 1.56. The van der Waals surface area contributed by atoms with Gasteiger partial charge < -0.3 is 14.3 Å². The Morgan fingerprint density at radius 1 is 1.04 bits per heavy atom. The smallest absolute Gasteiger partial charge is 0.292 e. The van der Waals surface area contributed by atoms with Gasteiger partial charge in [-0.2, -0.15) is 0 Å². The summed E-state index contributed by atoms with van der Waals surface area (Å²) in [6.45, 7) is 3.14. The predicted octanol–water partition coefficient (Wildman–Crippen LogP) is 1.72. The van der Waals surface area contributed by atoms with Gasteiger partial charge in [0, 0.05) is 37.8 Å². The highest BCUT2D eigenvalue weighted by Crippen LogP contribution is 2.21. The second-order valence-electron chi connectivity index (χ2n) is 7.20. The van der Waals surface area contributed by atoms with Gasteiger partial charge in [0.25, 0.3) is 5.91 Å². The zero-order valence-electron chi connectivity index (χ0n) is 15.5. The van der Waals surface area contributed by atoms with Crippen LogP contribution in [0.25, 0.3) is 11.3 Å². The van der Waals surface area contributed by atoms with Gasteiger partial charge in [0.1, 0.15) is 5.69 Å². The van der Waals surface area contributed by atoms with Crippen LogP contribution in [-0.2, 0) is 4.79 Å². The molecule has 1 aromatic carbocycles. The van der Waals surface area contributed by atoms with Gasteiger partial charge in [-0.05, 0) is 26.4 Å². The van der Waals surface area contributed by atoms with E-state index in [1.165, 1.54) is 0 Å². The highest BCUT2D eigenvalue weighted by molar-refractivity contribution is 5.92. The van der Waals surface area contributed by atoms with Crippen molar-refractivity contribution < 1.29 is 14.1 Å². The monoisotopic (exact) mass is 368 g/mol. The predicted molar refractivity (Wildman–Crippen MR) is 100 cm³/mol. The minimum atomic E-state index is -0.172. The minimum absolute atomic E-state index is 0.00467. The minimum Gasteiger partial charge on any atom is -0.350 e. The number of carbonyl (C=O) groups is 2. The van der Waals surface area contributed by atoms with Gasteiger partial charge in [-0.1, -0.05) is 35.5 Å². The lowest BCUT2D eigenvalue weighted by atomic mass is 10.1. The van der Waals surface area contributed by atoms with Crippen LogP contribution in [-0.4, -0.2) is 77.5 Å². The maximum absolute atomic E-state index is 12.7. The molecule has 1 aromatic heterocycles. The second-order valence-corrected chi connectivity index (χ2v) is 7.20. The molecular weight excluding hydrogens is 344 g/mol. The second kappa shape index (κ2) is 7.52. The third-order valence-electron chi connectivity index (χ3n) is 5.47. The third kappa shape index (κ3) is 3.60. The lowest BCUT2D eigenvalue weighted by molar-refractivity contribution is -0.137. The number of piperazine rings is 1. The highest BCUT2D eigenvalue weighted by Gasteiger charge is 2.34. The Balaban J connectivity index is 1.36. The van der Waals surface area contributed by atoms with Gasteiger partial charge in [-0.15, -0.1) is 0 Å². The van der Waals surface area contributed by atoms with Crippen LogP contribution in [0.1, 0.15) is 23.4 Å². The van der Waals surface area contributed by atoms with E-state index in [0.717, 1.165) is 24.9 Å². The molecule has 2 aromatic rings. The van der Waals surface area contributed by atoms with E-state index >= 15 is 0 Å². The normalized spacial score (nSPS) is 20.9. The number of hydrogen-bond donors (Lipinski definition) is 0. The molecule has 2 amide bonds. The van der Waals surface area contributed by atoms with Crippen LogP contribution < -0.4 is 0 Å². The highest BCUT2D eigenvalue weighted by atomic mass is 16.5. The first kappa shape index (κ1) is 17.7. The number of rotatable bonds is 3. The maximum atomic E-state index is 12.7. The third-order valence-corrected chi connectivity index (χ3v) is 5.47. The number of likely N-dealkylation sites (tertiary alicyclic amines) is 1. The van der Waals surface area contributed by atoms with Crippen molar-refractivity contribution in [2.75, 3.05) is 39.8 Å². The molecule has 0 spiro atoms. The molecule has 0 bridgehead atoms. The number of hydrogen-bond acceptors (Lipinski definition) is 5. The Morgan fingerprint density at radius 2 is 1.74 bits per heavy atom. The topological polar surface area (TPSA) is 69.9 Å². The van der Waals surface area contributed by atoms with Crippen molar-refractivity contribution in [3.05, 3.63) is 42.2 Å². The van der Waals surface area contributed by atoms with Crippen LogP contribution in [0.2, 0.25) is 0 Å². The zero-order chi connectivity index (χ0) is 18.8. The Labute approximate surface area is 158 Å². The number of amides is 2. The van der Waals surface area contributed by atoms with Gasteiger partial charge in [0.05, 0.1) is 6.04 Å². The zero-order valence-corrected chi connectivity index (χ0v) is 15.5. The molecule has 7 nitrogen and oxygen atoms in total. The van der Waals surface area contributed by atoms with Crippen molar-refractivity contribution in [2.24, 2.45) is 0 Å². The van der Waals surface area contributed by atoms with Crippen molar-refractivity contribution in [3.63, 3.8) is 0 Å². The van der Waals surface area contributed by atoms with E-state index in [1.807, 2.05) is 42.3 Å². The molecule has 0 N–H and O–H groups in total. The van der Waals surface area contributed by atoms with Crippen molar-refractivity contribution in [3.8, 4) is 11.3 Å². The molecule has 1 unspecified atom stereocenters. The lowest BCUT2D eigenvalue weighted by Crippen LogP contribution is -2.54. The van der Waals surface area contributed by atoms with Crippen molar-refractivity contribution >= 4 is 11.8 Å². The standard InChI is InChI=1S/C20H24N4O3/c1-22-9-5-8-17(22)19(25)23-10-12-24(13-11-23)20(26)18-14-16(21-27-18)15-6-3-2-4-7-15/h2-4,6-7,14,17H,5,8-13H2,1H3. The van der Waals surface area contributed by atoms with Crippen LogP contribution >= 0.6 is 0 Å². The largest absolute Gasteiger partial charge is 0.350 e. The molecule has 142 valence electrons. The number of likely N-dealkylation sites (N-methyl/N-ethyl adjacent to an activating group) is 1. The van der Waals surface area contributed by atoms with E-state index < -0.39 is 0 Å². The van der Waals surface area contributed by atoms with Gasteiger partial charge in [0.2, 0.25) is 11.7 Å². The van der Waals surface area contributed by atoms with E-state index in [-0.39, 0.29) is 23.6 Å². The molecule has 2 aliphatic rings. The summed E-state index contributed by atoms with van der Waals surface area (Å²) in [5.74, 6) is 0.257. The SMILES string of the molecule is CN1CCCC1C(=O)N1CCN(C(=O)c2cc(-c3ccccc3)no2)CC1. The van der Waals surface area contributed by atoms with Crippen LogP contribution in [0.4, 0.5) is 0 Å². The molecule has 0 radical (unpaired) electrons. The molecule has 7 heteroatoms. The molecule has 27 heavy (non-hydrogen) atoms. The Hall–Kier alpha value is -2.67. The van der Waals surface area contributed by atoms with Crippen LogP contribution in [0, 0.1) is 0 Å². The fourth-order valence-electron chi connectivity index (χ4n) is 3.84. The summed E-state index contributed by atoms with van der Waals surface area (Å²) in [4.78, 5) is 31.1. The molecule has 2 saturated heterocycles. The first-order valence-electron chi connectivity index (χ1n) is 9.44. The lowest BCUT2D eigenvalue weighted by Gasteiger charge is -2.36. The summed E-state index contributed by atoms with van der Waals surface area (Å²) in [6, 6.07) is 11.3. The van der Waals surface area contributed by atoms with Crippen LogP contribution in [0.15, 0.2) is 40.9 Å². The number of aromatic nitrogens is 1. The molecule has 4 rings (SSSR count). The Morgan fingerprint density at radius 3 is 2.41 bits per heavy atom. The van der Waals surface area contributed by atoms with E-state index in [0.29, 0.717) is 31.9 Å². The summed E-state index contributed by atoms with van der Waals surface area (Å²) in [7, 11) is 2.00. The Kier molecular flexibility index (Phi) is 4.94. The maximum Gasteiger partial charge on any atom is 0.292 e. The molecule has 2 aliphatic heterocycles. The van der Waals surface area contributed by atoms with Crippen molar-refractivity contribution in [1.82, 2.24) is 19.9 Å². The quantitative estimate of drug-likeness (QED) is 0.825. The summed E-state index contributed by atoms with van der Waals surface area (Å²) in [5, 5.41) is 4.01. The molecule has 0 aliphatic carbocycles.